The van der Waals surface area contributed by atoms with Crippen molar-refractivity contribution in [3.63, 3.8) is 0 Å². The van der Waals surface area contributed by atoms with Crippen LogP contribution in [0.5, 0.6) is 0 Å². The second-order valence-electron chi connectivity index (χ2n) is 10.9. The van der Waals surface area contributed by atoms with Gasteiger partial charge in [0.15, 0.2) is 0 Å². The van der Waals surface area contributed by atoms with E-state index in [-0.39, 0.29) is 18.0 Å². The van der Waals surface area contributed by atoms with Crippen LogP contribution in [-0.4, -0.2) is 62.0 Å². The number of halogens is 2. The van der Waals surface area contributed by atoms with Crippen molar-refractivity contribution in [1.29, 1.82) is 0 Å². The molecular formula is C30H33F2N7O. The zero-order valence-electron chi connectivity index (χ0n) is 22.7. The number of likely N-dealkylation sites (tertiary alicyclic amines) is 1. The van der Waals surface area contributed by atoms with Crippen molar-refractivity contribution < 1.29 is 13.6 Å². The quantitative estimate of drug-likeness (QED) is 0.349. The fourth-order valence-corrected chi connectivity index (χ4v) is 5.78. The average molecular weight is 546 g/mol. The molecule has 2 atom stereocenters. The average Bonchev–Trinajstić information content (AvgIpc) is 3.52. The Hall–Kier alpha value is -3.89. The van der Waals surface area contributed by atoms with E-state index in [0.29, 0.717) is 48.8 Å². The molecule has 0 unspecified atom stereocenters. The van der Waals surface area contributed by atoms with Crippen LogP contribution < -0.4 is 10.6 Å². The summed E-state index contributed by atoms with van der Waals surface area (Å²) in [4.78, 5) is 25.0. The summed E-state index contributed by atoms with van der Waals surface area (Å²) >= 11 is 0. The highest BCUT2D eigenvalue weighted by Crippen LogP contribution is 2.26. The molecule has 4 aromatic rings. The molecule has 0 radical (unpaired) electrons. The van der Waals surface area contributed by atoms with Gasteiger partial charge in [-0.3, -0.25) is 9.69 Å². The second-order valence-corrected chi connectivity index (χ2v) is 10.9. The number of anilines is 2. The number of carbonyl (C=O) groups is 1. The Kier molecular flexibility index (Phi) is 7.20. The number of piperazine rings is 1. The van der Waals surface area contributed by atoms with Crippen LogP contribution in [0.25, 0.3) is 16.7 Å². The molecule has 4 heterocycles. The lowest BCUT2D eigenvalue weighted by atomic mass is 10.1. The van der Waals surface area contributed by atoms with Gasteiger partial charge >= 0.3 is 0 Å². The molecule has 0 saturated carbocycles. The van der Waals surface area contributed by atoms with Gasteiger partial charge in [-0.1, -0.05) is 12.1 Å². The van der Waals surface area contributed by atoms with Gasteiger partial charge < -0.3 is 20.1 Å². The first-order valence-electron chi connectivity index (χ1n) is 13.8. The van der Waals surface area contributed by atoms with Gasteiger partial charge in [-0.25, -0.2) is 13.8 Å². The molecule has 2 saturated heterocycles. The highest BCUT2D eigenvalue weighted by Gasteiger charge is 2.24. The zero-order chi connectivity index (χ0) is 27.8. The SMILES string of the molecule is C[C@@H]1CN(Cc2ccc(Nc3ncc4ccn(-c5cc(F)c(CN6CCCC6=O)c(F)c5)c4n3)cc2)C[C@H](C)N1. The van der Waals surface area contributed by atoms with E-state index in [1.54, 1.807) is 23.0 Å². The van der Waals surface area contributed by atoms with Crippen LogP contribution in [0.3, 0.4) is 0 Å². The summed E-state index contributed by atoms with van der Waals surface area (Å²) < 4.78 is 31.7. The summed E-state index contributed by atoms with van der Waals surface area (Å²) in [5, 5.41) is 7.55. The molecule has 6 rings (SSSR count). The first-order chi connectivity index (χ1) is 19.3. The number of amides is 1. The van der Waals surface area contributed by atoms with Crippen molar-refractivity contribution in [2.24, 2.45) is 0 Å². The maximum absolute atomic E-state index is 15.0. The summed E-state index contributed by atoms with van der Waals surface area (Å²) in [6.45, 7) is 7.82. The van der Waals surface area contributed by atoms with E-state index in [2.05, 4.69) is 51.5 Å². The van der Waals surface area contributed by atoms with Gasteiger partial charge in [0.05, 0.1) is 12.2 Å². The molecular weight excluding hydrogens is 512 g/mol. The van der Waals surface area contributed by atoms with Gasteiger partial charge in [0.2, 0.25) is 11.9 Å². The Bertz CT molecular complexity index is 1500. The first kappa shape index (κ1) is 26.3. The molecule has 0 bridgehead atoms. The molecule has 0 spiro atoms. The van der Waals surface area contributed by atoms with Crippen LogP contribution in [0, 0.1) is 11.6 Å². The molecule has 40 heavy (non-hydrogen) atoms. The minimum Gasteiger partial charge on any atom is -0.338 e. The predicted octanol–water partition coefficient (Wildman–Crippen LogP) is 4.75. The van der Waals surface area contributed by atoms with Crippen LogP contribution >= 0.6 is 0 Å². The van der Waals surface area contributed by atoms with E-state index in [0.717, 1.165) is 30.7 Å². The van der Waals surface area contributed by atoms with Crippen molar-refractivity contribution in [1.82, 2.24) is 29.7 Å². The fourth-order valence-electron chi connectivity index (χ4n) is 5.78. The van der Waals surface area contributed by atoms with Crippen LogP contribution in [0.4, 0.5) is 20.4 Å². The molecule has 10 heteroatoms. The summed E-state index contributed by atoms with van der Waals surface area (Å²) in [5.74, 6) is -1.06. The lowest BCUT2D eigenvalue weighted by Gasteiger charge is -2.36. The Morgan fingerprint density at radius 3 is 2.42 bits per heavy atom. The monoisotopic (exact) mass is 545 g/mol. The number of hydrogen-bond donors (Lipinski definition) is 2. The van der Waals surface area contributed by atoms with Gasteiger partial charge in [0, 0.05) is 73.7 Å². The van der Waals surface area contributed by atoms with Crippen molar-refractivity contribution in [2.45, 2.75) is 51.9 Å². The zero-order valence-corrected chi connectivity index (χ0v) is 22.7. The van der Waals surface area contributed by atoms with Crippen molar-refractivity contribution in [3.05, 3.63) is 77.6 Å². The third kappa shape index (κ3) is 5.55. The topological polar surface area (TPSA) is 78.3 Å². The summed E-state index contributed by atoms with van der Waals surface area (Å²) in [6.07, 6.45) is 4.53. The molecule has 2 aliphatic rings. The van der Waals surface area contributed by atoms with Gasteiger partial charge in [-0.05, 0) is 56.2 Å². The second kappa shape index (κ2) is 10.9. The van der Waals surface area contributed by atoms with Crippen molar-refractivity contribution >= 4 is 28.6 Å². The van der Waals surface area contributed by atoms with E-state index in [4.69, 9.17) is 0 Å². The minimum atomic E-state index is -0.686. The van der Waals surface area contributed by atoms with Gasteiger partial charge in [-0.15, -0.1) is 0 Å². The Labute approximate surface area is 232 Å². The molecule has 8 nitrogen and oxygen atoms in total. The number of hydrogen-bond acceptors (Lipinski definition) is 6. The third-order valence-corrected chi connectivity index (χ3v) is 7.60. The highest BCUT2D eigenvalue weighted by molar-refractivity contribution is 5.79. The predicted molar refractivity (Wildman–Crippen MR) is 150 cm³/mol. The smallest absolute Gasteiger partial charge is 0.229 e. The summed E-state index contributed by atoms with van der Waals surface area (Å²) in [5.41, 5.74) is 2.82. The van der Waals surface area contributed by atoms with E-state index in [1.165, 1.54) is 22.6 Å². The maximum Gasteiger partial charge on any atom is 0.229 e. The number of carbonyl (C=O) groups excluding carboxylic acids is 1. The summed E-state index contributed by atoms with van der Waals surface area (Å²) in [6, 6.07) is 13.5. The molecule has 208 valence electrons. The molecule has 2 aromatic heterocycles. The normalized spacial score (nSPS) is 20.0. The minimum absolute atomic E-state index is 0.0638. The van der Waals surface area contributed by atoms with Gasteiger partial charge in [-0.2, -0.15) is 4.98 Å². The molecule has 1 amide bonds. The van der Waals surface area contributed by atoms with Crippen molar-refractivity contribution in [3.8, 4) is 5.69 Å². The van der Waals surface area contributed by atoms with Gasteiger partial charge in [0.1, 0.15) is 17.3 Å². The largest absolute Gasteiger partial charge is 0.338 e. The number of benzene rings is 2. The highest BCUT2D eigenvalue weighted by atomic mass is 19.1. The van der Waals surface area contributed by atoms with Crippen LogP contribution in [0.2, 0.25) is 0 Å². The van der Waals surface area contributed by atoms with E-state index in [1.807, 2.05) is 12.1 Å². The Balaban J connectivity index is 1.19. The van der Waals surface area contributed by atoms with E-state index < -0.39 is 11.6 Å². The van der Waals surface area contributed by atoms with Gasteiger partial charge in [0.25, 0.3) is 0 Å². The van der Waals surface area contributed by atoms with E-state index in [9.17, 15) is 4.79 Å². The number of nitrogens with one attached hydrogen (secondary N) is 2. The molecule has 2 N–H and O–H groups in total. The number of fused-ring (bicyclic) bond motifs is 1. The molecule has 2 aromatic carbocycles. The fraction of sp³-hybridized carbons (Fsp3) is 0.367. The van der Waals surface area contributed by atoms with Crippen LogP contribution in [-0.2, 0) is 17.9 Å². The van der Waals surface area contributed by atoms with E-state index >= 15 is 8.78 Å². The Morgan fingerprint density at radius 1 is 1.02 bits per heavy atom. The molecule has 2 fully saturated rings. The lowest BCUT2D eigenvalue weighted by molar-refractivity contribution is -0.128. The van der Waals surface area contributed by atoms with Crippen molar-refractivity contribution in [2.75, 3.05) is 25.0 Å². The van der Waals surface area contributed by atoms with Crippen LogP contribution in [0.1, 0.15) is 37.8 Å². The number of aromatic nitrogens is 3. The number of rotatable bonds is 7. The lowest BCUT2D eigenvalue weighted by Crippen LogP contribution is -2.53. The van der Waals surface area contributed by atoms with Crippen LogP contribution in [0.15, 0.2) is 54.9 Å². The molecule has 2 aliphatic heterocycles. The standard InChI is InChI=1S/C30H33F2N7O/c1-19-15-37(16-20(2)34-19)17-21-5-7-23(8-6-21)35-30-33-14-22-9-11-39(29(22)36-30)24-12-26(31)25(27(32)13-24)18-38-10-3-4-28(38)40/h5-9,11-14,19-20,34H,3-4,10,15-18H2,1-2H3,(H,33,35,36)/t19-,20+. The Morgan fingerprint density at radius 2 is 1.75 bits per heavy atom. The summed E-state index contributed by atoms with van der Waals surface area (Å²) in [7, 11) is 0. The molecule has 0 aliphatic carbocycles. The number of nitrogens with zero attached hydrogens (tertiary/aromatic N) is 5. The maximum atomic E-state index is 15.0. The first-order valence-corrected chi connectivity index (χ1v) is 13.8. The third-order valence-electron chi connectivity index (χ3n) is 7.60.